The van der Waals surface area contributed by atoms with Crippen LogP contribution in [0.5, 0.6) is 0 Å². The fourth-order valence-corrected chi connectivity index (χ4v) is 7.05. The highest BCUT2D eigenvalue weighted by atomic mass is 32.2. The van der Waals surface area contributed by atoms with Gasteiger partial charge in [-0.25, -0.2) is 4.98 Å². The van der Waals surface area contributed by atoms with E-state index in [2.05, 4.69) is 11.9 Å². The second-order valence-corrected chi connectivity index (χ2v) is 14.9. The normalized spacial score (nSPS) is 12.5. The van der Waals surface area contributed by atoms with Gasteiger partial charge < -0.3 is 4.57 Å². The lowest BCUT2D eigenvalue weighted by Crippen LogP contribution is -2.05. The number of rotatable bonds is 24. The molecule has 1 aromatic heterocycles. The van der Waals surface area contributed by atoms with Gasteiger partial charge in [0.25, 0.3) is 20.2 Å². The van der Waals surface area contributed by atoms with Gasteiger partial charge in [0.05, 0.1) is 21.7 Å². The van der Waals surface area contributed by atoms with Crippen molar-refractivity contribution in [2.75, 3.05) is 11.5 Å². The molecular formula is C29H50N2O6S3. The van der Waals surface area contributed by atoms with Gasteiger partial charge in [-0.1, -0.05) is 115 Å². The minimum absolute atomic E-state index is 0.184. The minimum atomic E-state index is -4.32. The lowest BCUT2D eigenvalue weighted by molar-refractivity contribution is 0.477. The van der Waals surface area contributed by atoms with Crippen molar-refractivity contribution in [3.63, 3.8) is 0 Å². The van der Waals surface area contributed by atoms with Crippen LogP contribution >= 0.6 is 11.8 Å². The van der Waals surface area contributed by atoms with Crippen LogP contribution in [0.1, 0.15) is 122 Å². The highest BCUT2D eigenvalue weighted by molar-refractivity contribution is 7.99. The number of unbranched alkanes of at least 4 members (excludes halogenated alkanes) is 16. The summed E-state index contributed by atoms with van der Waals surface area (Å²) < 4.78 is 65.5. The van der Waals surface area contributed by atoms with Gasteiger partial charge in [-0.2, -0.15) is 16.8 Å². The van der Waals surface area contributed by atoms with E-state index in [1.165, 1.54) is 102 Å². The van der Waals surface area contributed by atoms with E-state index >= 15 is 0 Å². The minimum Gasteiger partial charge on any atom is -0.319 e. The summed E-state index contributed by atoms with van der Waals surface area (Å²) in [6.45, 7) is 2.87. The van der Waals surface area contributed by atoms with Crippen LogP contribution in [-0.4, -0.2) is 47.0 Å². The van der Waals surface area contributed by atoms with E-state index in [1.54, 1.807) is 17.8 Å². The van der Waals surface area contributed by atoms with Crippen LogP contribution in [0.25, 0.3) is 11.0 Å². The maximum atomic E-state index is 11.6. The van der Waals surface area contributed by atoms with Gasteiger partial charge in [0.15, 0.2) is 5.16 Å². The molecule has 1 heterocycles. The monoisotopic (exact) mass is 618 g/mol. The van der Waals surface area contributed by atoms with Gasteiger partial charge >= 0.3 is 0 Å². The molecule has 8 nitrogen and oxygen atoms in total. The molecular weight excluding hydrogens is 569 g/mol. The lowest BCUT2D eigenvalue weighted by Gasteiger charge is -2.09. The molecule has 230 valence electrons. The number of nitrogens with zero attached hydrogens (tertiary/aromatic N) is 2. The van der Waals surface area contributed by atoms with Crippen molar-refractivity contribution in [3.8, 4) is 0 Å². The maximum Gasteiger partial charge on any atom is 0.294 e. The van der Waals surface area contributed by atoms with E-state index in [9.17, 15) is 21.4 Å². The molecule has 2 rings (SSSR count). The summed E-state index contributed by atoms with van der Waals surface area (Å²) in [6.07, 6.45) is 21.5. The van der Waals surface area contributed by atoms with Crippen molar-refractivity contribution in [1.29, 1.82) is 0 Å². The standard InChI is InChI=1S/C29H50N2O6S3/c1-2-3-4-5-6-7-8-9-10-11-12-13-14-15-18-23-38-29-30-27-25-26(40(35,36)37)20-21-28(27)31(29)22-17-16-19-24-39(32,33)34/h20-21,25H,2-19,22-24H2,1H3,(H,32,33,34)(H,35,36,37). The highest BCUT2D eigenvalue weighted by Gasteiger charge is 2.16. The smallest absolute Gasteiger partial charge is 0.294 e. The molecule has 0 aliphatic carbocycles. The fraction of sp³-hybridized carbons (Fsp3) is 0.759. The third-order valence-electron chi connectivity index (χ3n) is 7.25. The molecule has 0 saturated carbocycles. The van der Waals surface area contributed by atoms with Crippen LogP contribution in [0.3, 0.4) is 0 Å². The highest BCUT2D eigenvalue weighted by Crippen LogP contribution is 2.28. The Kier molecular flexibility index (Phi) is 16.8. The second kappa shape index (κ2) is 19.1. The largest absolute Gasteiger partial charge is 0.319 e. The Morgan fingerprint density at radius 1 is 0.725 bits per heavy atom. The molecule has 1 aromatic carbocycles. The first-order valence-electron chi connectivity index (χ1n) is 15.2. The zero-order valence-electron chi connectivity index (χ0n) is 24.2. The number of aromatic nitrogens is 2. The average molecular weight is 619 g/mol. The molecule has 2 N–H and O–H groups in total. The molecule has 0 unspecified atom stereocenters. The lowest BCUT2D eigenvalue weighted by atomic mass is 10.0. The van der Waals surface area contributed by atoms with Gasteiger partial charge in [0.1, 0.15) is 0 Å². The van der Waals surface area contributed by atoms with Crippen LogP contribution in [0.2, 0.25) is 0 Å². The van der Waals surface area contributed by atoms with Crippen LogP contribution < -0.4 is 0 Å². The van der Waals surface area contributed by atoms with Gasteiger partial charge in [-0.15, -0.1) is 0 Å². The predicted octanol–water partition coefficient (Wildman–Crippen LogP) is 8.30. The van der Waals surface area contributed by atoms with Gasteiger partial charge in [0, 0.05) is 12.3 Å². The number of aryl methyl sites for hydroxylation is 1. The summed E-state index contributed by atoms with van der Waals surface area (Å²) in [6, 6.07) is 4.41. The quantitative estimate of drug-likeness (QED) is 0.0683. The van der Waals surface area contributed by atoms with Crippen molar-refractivity contribution in [3.05, 3.63) is 18.2 Å². The Labute approximate surface area is 246 Å². The van der Waals surface area contributed by atoms with Crippen LogP contribution in [0.4, 0.5) is 0 Å². The molecule has 0 amide bonds. The Hall–Kier alpha value is -1.14. The number of fused-ring (bicyclic) bond motifs is 1. The number of thioether (sulfide) groups is 1. The molecule has 11 heteroatoms. The number of hydrogen-bond acceptors (Lipinski definition) is 6. The Morgan fingerprint density at radius 2 is 1.25 bits per heavy atom. The first-order chi connectivity index (χ1) is 19.1. The molecule has 0 aliphatic rings. The third kappa shape index (κ3) is 14.7. The zero-order chi connectivity index (χ0) is 29.3. The van der Waals surface area contributed by atoms with E-state index in [1.807, 2.05) is 4.57 Å². The molecule has 2 aromatic rings. The van der Waals surface area contributed by atoms with Gasteiger partial charge in [-0.05, 0) is 37.5 Å². The fourth-order valence-electron chi connectivity index (χ4n) is 4.94. The molecule has 40 heavy (non-hydrogen) atoms. The first kappa shape index (κ1) is 35.1. The summed E-state index contributed by atoms with van der Waals surface area (Å²) in [4.78, 5) is 4.46. The van der Waals surface area contributed by atoms with E-state index in [0.717, 1.165) is 22.8 Å². The Morgan fingerprint density at radius 3 is 1.77 bits per heavy atom. The number of imidazole rings is 1. The van der Waals surface area contributed by atoms with E-state index in [0.29, 0.717) is 31.3 Å². The Balaban J connectivity index is 1.71. The summed E-state index contributed by atoms with van der Waals surface area (Å²) in [7, 11) is -8.28. The SMILES string of the molecule is CCCCCCCCCCCCCCCCCSc1nc2cc(S(=O)(=O)O)ccc2n1CCCCCS(=O)(=O)O. The summed E-state index contributed by atoms with van der Waals surface area (Å²) >= 11 is 1.64. The van der Waals surface area contributed by atoms with Crippen molar-refractivity contribution in [2.45, 2.75) is 139 Å². The third-order valence-corrected chi connectivity index (χ3v) is 9.96. The summed E-state index contributed by atoms with van der Waals surface area (Å²) in [5.41, 5.74) is 1.29. The second-order valence-electron chi connectivity index (χ2n) is 10.8. The zero-order valence-corrected chi connectivity index (χ0v) is 26.7. The summed E-state index contributed by atoms with van der Waals surface area (Å²) in [5, 5.41) is 0.794. The van der Waals surface area contributed by atoms with Gasteiger partial charge in [-0.3, -0.25) is 9.11 Å². The van der Waals surface area contributed by atoms with Crippen LogP contribution in [-0.2, 0) is 26.8 Å². The van der Waals surface area contributed by atoms with E-state index < -0.39 is 20.2 Å². The molecule has 0 saturated heterocycles. The van der Waals surface area contributed by atoms with Gasteiger partial charge in [0.2, 0.25) is 0 Å². The molecule has 0 atom stereocenters. The van der Waals surface area contributed by atoms with Crippen molar-refractivity contribution in [1.82, 2.24) is 9.55 Å². The average Bonchev–Trinajstić information content (AvgIpc) is 3.23. The molecule has 0 radical (unpaired) electrons. The topological polar surface area (TPSA) is 127 Å². The molecule has 0 spiro atoms. The van der Waals surface area contributed by atoms with Crippen molar-refractivity contribution < 1.29 is 25.9 Å². The molecule has 0 bridgehead atoms. The van der Waals surface area contributed by atoms with Crippen molar-refractivity contribution in [2.24, 2.45) is 0 Å². The number of benzene rings is 1. The molecule has 0 aliphatic heterocycles. The predicted molar refractivity (Wildman–Crippen MR) is 165 cm³/mol. The number of hydrogen-bond donors (Lipinski definition) is 2. The van der Waals surface area contributed by atoms with Crippen molar-refractivity contribution >= 4 is 43.0 Å². The Bertz CT molecular complexity index is 1200. The van der Waals surface area contributed by atoms with Crippen LogP contribution in [0.15, 0.2) is 28.3 Å². The van der Waals surface area contributed by atoms with Crippen LogP contribution in [0, 0.1) is 0 Å². The van der Waals surface area contributed by atoms with E-state index in [-0.39, 0.29) is 10.6 Å². The first-order valence-corrected chi connectivity index (χ1v) is 19.2. The summed E-state index contributed by atoms with van der Waals surface area (Å²) in [5.74, 6) is 0.658. The van der Waals surface area contributed by atoms with E-state index in [4.69, 9.17) is 4.55 Å². The molecule has 0 fully saturated rings. The maximum absolute atomic E-state index is 11.6.